The van der Waals surface area contributed by atoms with Crippen LogP contribution in [0.1, 0.15) is 13.8 Å². The molecule has 0 radical (unpaired) electrons. The van der Waals surface area contributed by atoms with Crippen LogP contribution in [0.25, 0.3) is 0 Å². The number of ether oxygens (including phenoxy) is 2. The van der Waals surface area contributed by atoms with Gasteiger partial charge in [-0.25, -0.2) is 0 Å². The highest BCUT2D eigenvalue weighted by Crippen LogP contribution is 2.19. The van der Waals surface area contributed by atoms with E-state index in [9.17, 15) is 0 Å². The van der Waals surface area contributed by atoms with Gasteiger partial charge in [-0.1, -0.05) is 0 Å². The molecule has 120 valence electrons. The van der Waals surface area contributed by atoms with E-state index in [1.54, 1.807) is 0 Å². The van der Waals surface area contributed by atoms with Crippen molar-refractivity contribution in [1.82, 2.24) is 14.7 Å². The highest BCUT2D eigenvalue weighted by molar-refractivity contribution is 4.87. The van der Waals surface area contributed by atoms with Gasteiger partial charge in [-0.3, -0.25) is 4.90 Å². The Morgan fingerprint density at radius 1 is 0.900 bits per heavy atom. The standard InChI is InChI=1S/C15H33N3O2/c1-13(2)18-11-14(19-9-7-16(3)4)15(12-18)20-10-8-17(5)6/h13-15H,7-12H2,1-6H3. The summed E-state index contributed by atoms with van der Waals surface area (Å²) >= 11 is 0. The largest absolute Gasteiger partial charge is 0.373 e. The first kappa shape index (κ1) is 17.9. The molecule has 0 spiro atoms. The molecule has 0 aromatic rings. The summed E-state index contributed by atoms with van der Waals surface area (Å²) in [6, 6.07) is 0.553. The maximum absolute atomic E-state index is 6.04. The zero-order valence-corrected chi connectivity index (χ0v) is 14.1. The number of rotatable bonds is 9. The minimum atomic E-state index is 0.208. The van der Waals surface area contributed by atoms with Gasteiger partial charge in [-0.2, -0.15) is 0 Å². The topological polar surface area (TPSA) is 28.2 Å². The zero-order chi connectivity index (χ0) is 15.1. The van der Waals surface area contributed by atoms with Gasteiger partial charge < -0.3 is 19.3 Å². The Balaban J connectivity index is 2.39. The van der Waals surface area contributed by atoms with E-state index in [2.05, 4.69) is 56.7 Å². The van der Waals surface area contributed by atoms with Crippen LogP contribution in [0.4, 0.5) is 0 Å². The molecule has 0 amide bonds. The van der Waals surface area contributed by atoms with Gasteiger partial charge in [-0.15, -0.1) is 0 Å². The fourth-order valence-electron chi connectivity index (χ4n) is 2.29. The molecule has 1 rings (SSSR count). The molecule has 5 heteroatoms. The normalized spacial score (nSPS) is 24.4. The molecule has 1 aliphatic heterocycles. The number of nitrogens with zero attached hydrogens (tertiary/aromatic N) is 3. The van der Waals surface area contributed by atoms with E-state index < -0.39 is 0 Å². The minimum absolute atomic E-state index is 0.208. The van der Waals surface area contributed by atoms with Gasteiger partial charge in [-0.05, 0) is 42.0 Å². The van der Waals surface area contributed by atoms with Crippen LogP contribution in [0, 0.1) is 0 Å². The summed E-state index contributed by atoms with van der Waals surface area (Å²) in [5.41, 5.74) is 0. The van der Waals surface area contributed by atoms with Crippen molar-refractivity contribution in [3.05, 3.63) is 0 Å². The van der Waals surface area contributed by atoms with E-state index in [-0.39, 0.29) is 12.2 Å². The second kappa shape index (κ2) is 8.95. The van der Waals surface area contributed by atoms with Gasteiger partial charge in [0, 0.05) is 32.2 Å². The van der Waals surface area contributed by atoms with Crippen molar-refractivity contribution in [1.29, 1.82) is 0 Å². The van der Waals surface area contributed by atoms with E-state index in [4.69, 9.17) is 9.47 Å². The van der Waals surface area contributed by atoms with Gasteiger partial charge in [0.15, 0.2) is 0 Å². The lowest BCUT2D eigenvalue weighted by Crippen LogP contribution is -2.34. The van der Waals surface area contributed by atoms with Crippen LogP contribution in [0.2, 0.25) is 0 Å². The Bertz CT molecular complexity index is 238. The van der Waals surface area contributed by atoms with E-state index in [0.29, 0.717) is 6.04 Å². The molecule has 2 atom stereocenters. The second-order valence-corrected chi connectivity index (χ2v) is 6.47. The summed E-state index contributed by atoms with van der Waals surface area (Å²) in [5.74, 6) is 0. The first-order chi connectivity index (χ1) is 9.40. The molecule has 0 bridgehead atoms. The van der Waals surface area contributed by atoms with Crippen LogP contribution in [0.15, 0.2) is 0 Å². The maximum atomic E-state index is 6.04. The molecule has 20 heavy (non-hydrogen) atoms. The third kappa shape index (κ3) is 6.50. The predicted molar refractivity (Wildman–Crippen MR) is 83.3 cm³/mol. The highest BCUT2D eigenvalue weighted by atomic mass is 16.5. The molecule has 2 unspecified atom stereocenters. The van der Waals surface area contributed by atoms with Crippen molar-refractivity contribution < 1.29 is 9.47 Å². The SMILES string of the molecule is CC(C)N1CC(OCCN(C)C)C(OCCN(C)C)C1. The predicted octanol–water partition coefficient (Wildman–Crippen LogP) is 0.604. The molecule has 1 saturated heterocycles. The molecule has 0 N–H and O–H groups in total. The summed E-state index contributed by atoms with van der Waals surface area (Å²) in [6.45, 7) is 9.91. The van der Waals surface area contributed by atoms with E-state index in [1.807, 2.05) is 0 Å². The van der Waals surface area contributed by atoms with Crippen molar-refractivity contribution in [3.63, 3.8) is 0 Å². The molecular weight excluding hydrogens is 254 g/mol. The quantitative estimate of drug-likeness (QED) is 0.619. The minimum Gasteiger partial charge on any atom is -0.373 e. The fraction of sp³-hybridized carbons (Fsp3) is 1.00. The van der Waals surface area contributed by atoms with Gasteiger partial charge in [0.25, 0.3) is 0 Å². The molecular formula is C15H33N3O2. The van der Waals surface area contributed by atoms with E-state index in [1.165, 1.54) is 0 Å². The van der Waals surface area contributed by atoms with Crippen LogP contribution in [0.3, 0.4) is 0 Å². The lowest BCUT2D eigenvalue weighted by molar-refractivity contribution is -0.0511. The van der Waals surface area contributed by atoms with Crippen LogP contribution in [0.5, 0.6) is 0 Å². The van der Waals surface area contributed by atoms with Gasteiger partial charge in [0.2, 0.25) is 0 Å². The van der Waals surface area contributed by atoms with Crippen LogP contribution in [-0.2, 0) is 9.47 Å². The first-order valence-electron chi connectivity index (χ1n) is 7.67. The summed E-state index contributed by atoms with van der Waals surface area (Å²) in [7, 11) is 8.29. The molecule has 0 saturated carbocycles. The van der Waals surface area contributed by atoms with Crippen molar-refractivity contribution in [2.45, 2.75) is 32.1 Å². The maximum Gasteiger partial charge on any atom is 0.0976 e. The third-order valence-corrected chi connectivity index (χ3v) is 3.71. The number of hydrogen-bond acceptors (Lipinski definition) is 5. The van der Waals surface area contributed by atoms with Gasteiger partial charge >= 0.3 is 0 Å². The van der Waals surface area contributed by atoms with Crippen LogP contribution >= 0.6 is 0 Å². The Hall–Kier alpha value is -0.200. The van der Waals surface area contributed by atoms with Gasteiger partial charge in [0.1, 0.15) is 0 Å². The van der Waals surface area contributed by atoms with Crippen molar-refractivity contribution in [2.75, 3.05) is 67.6 Å². The Morgan fingerprint density at radius 3 is 1.60 bits per heavy atom. The van der Waals surface area contributed by atoms with Gasteiger partial charge in [0.05, 0.1) is 25.4 Å². The smallest absolute Gasteiger partial charge is 0.0976 e. The fourth-order valence-corrected chi connectivity index (χ4v) is 2.29. The number of hydrogen-bond donors (Lipinski definition) is 0. The van der Waals surface area contributed by atoms with Crippen molar-refractivity contribution in [2.24, 2.45) is 0 Å². The molecule has 0 aliphatic carbocycles. The summed E-state index contributed by atoms with van der Waals surface area (Å²) in [5, 5.41) is 0. The molecule has 1 aliphatic rings. The summed E-state index contributed by atoms with van der Waals surface area (Å²) < 4.78 is 12.1. The van der Waals surface area contributed by atoms with E-state index in [0.717, 1.165) is 39.4 Å². The monoisotopic (exact) mass is 287 g/mol. The van der Waals surface area contributed by atoms with Crippen molar-refractivity contribution >= 4 is 0 Å². The lowest BCUT2D eigenvalue weighted by Gasteiger charge is -2.21. The van der Waals surface area contributed by atoms with Crippen LogP contribution in [-0.4, -0.2) is 101 Å². The first-order valence-corrected chi connectivity index (χ1v) is 7.67. The Morgan fingerprint density at radius 2 is 1.30 bits per heavy atom. The summed E-state index contributed by atoms with van der Waals surface area (Å²) in [4.78, 5) is 6.74. The molecule has 0 aromatic heterocycles. The number of likely N-dealkylation sites (N-methyl/N-ethyl adjacent to an activating group) is 2. The molecule has 1 heterocycles. The third-order valence-electron chi connectivity index (χ3n) is 3.71. The average molecular weight is 287 g/mol. The molecule has 0 aromatic carbocycles. The van der Waals surface area contributed by atoms with Crippen LogP contribution < -0.4 is 0 Å². The molecule has 5 nitrogen and oxygen atoms in total. The summed E-state index contributed by atoms with van der Waals surface area (Å²) in [6.07, 6.45) is 0.416. The second-order valence-electron chi connectivity index (χ2n) is 6.47. The number of likely N-dealkylation sites (tertiary alicyclic amines) is 1. The Kier molecular flexibility index (Phi) is 7.99. The Labute approximate surface area is 124 Å². The molecule has 1 fully saturated rings. The highest BCUT2D eigenvalue weighted by Gasteiger charge is 2.35. The van der Waals surface area contributed by atoms with Crippen molar-refractivity contribution in [3.8, 4) is 0 Å². The lowest BCUT2D eigenvalue weighted by atomic mass is 10.2. The van der Waals surface area contributed by atoms with E-state index >= 15 is 0 Å². The average Bonchev–Trinajstić information content (AvgIpc) is 2.72. The zero-order valence-electron chi connectivity index (χ0n) is 14.1.